The van der Waals surface area contributed by atoms with Crippen LogP contribution in [0.2, 0.25) is 0 Å². The van der Waals surface area contributed by atoms with Crippen LogP contribution in [-0.4, -0.2) is 34.5 Å². The zero-order chi connectivity index (χ0) is 18.1. The molecule has 6 nitrogen and oxygen atoms in total. The lowest BCUT2D eigenvalue weighted by Gasteiger charge is -2.35. The van der Waals surface area contributed by atoms with Crippen LogP contribution in [0.4, 0.5) is 10.5 Å². The molecule has 3 amide bonds. The Bertz CT molecular complexity index is 964. The molecule has 2 heterocycles. The van der Waals surface area contributed by atoms with E-state index in [1.54, 1.807) is 4.90 Å². The molecule has 4 rings (SSSR count). The summed E-state index contributed by atoms with van der Waals surface area (Å²) in [4.78, 5) is 27.0. The summed E-state index contributed by atoms with van der Waals surface area (Å²) >= 11 is 0. The number of nitrogens with one attached hydrogen (secondary N) is 2. The zero-order valence-corrected chi connectivity index (χ0v) is 14.5. The summed E-state index contributed by atoms with van der Waals surface area (Å²) < 4.78 is 1.97. The maximum atomic E-state index is 13.0. The summed E-state index contributed by atoms with van der Waals surface area (Å²) in [5.74, 6) is -0.158. The highest BCUT2D eigenvalue weighted by atomic mass is 16.2. The molecular weight excluding hydrogens is 328 g/mol. The van der Waals surface area contributed by atoms with Crippen LogP contribution >= 0.6 is 0 Å². The molecule has 2 aromatic carbocycles. The lowest BCUT2D eigenvalue weighted by molar-refractivity contribution is -0.127. The van der Waals surface area contributed by atoms with Crippen molar-refractivity contribution in [3.05, 3.63) is 66.4 Å². The van der Waals surface area contributed by atoms with Crippen molar-refractivity contribution in [3.8, 4) is 0 Å². The van der Waals surface area contributed by atoms with Gasteiger partial charge in [0.1, 0.15) is 6.04 Å². The molecule has 0 unspecified atom stereocenters. The van der Waals surface area contributed by atoms with Crippen LogP contribution in [0.3, 0.4) is 0 Å². The van der Waals surface area contributed by atoms with Gasteiger partial charge in [-0.2, -0.15) is 0 Å². The Kier molecular flexibility index (Phi) is 4.08. The van der Waals surface area contributed by atoms with Crippen LogP contribution in [0, 0.1) is 0 Å². The number of hydrogen-bond donors (Lipinski definition) is 2. The fourth-order valence-corrected chi connectivity index (χ4v) is 3.50. The average molecular weight is 348 g/mol. The number of rotatable bonds is 2. The van der Waals surface area contributed by atoms with Crippen molar-refractivity contribution in [1.82, 2.24) is 14.8 Å². The number of nitrogens with zero attached hydrogens (tertiary/aromatic N) is 2. The quantitative estimate of drug-likeness (QED) is 0.748. The number of benzene rings is 2. The first-order chi connectivity index (χ1) is 12.6. The van der Waals surface area contributed by atoms with E-state index in [0.29, 0.717) is 13.1 Å². The molecule has 1 aliphatic rings. The van der Waals surface area contributed by atoms with E-state index in [2.05, 4.69) is 10.6 Å². The summed E-state index contributed by atoms with van der Waals surface area (Å²) in [5, 5.41) is 6.89. The number of aromatic nitrogens is 1. The van der Waals surface area contributed by atoms with E-state index in [1.807, 2.05) is 72.4 Å². The minimum Gasteiger partial charge on any atom is -0.352 e. The molecule has 1 aliphatic heterocycles. The van der Waals surface area contributed by atoms with E-state index in [1.165, 1.54) is 0 Å². The number of fused-ring (bicyclic) bond motifs is 1. The summed E-state index contributed by atoms with van der Waals surface area (Å²) in [6.07, 6.45) is 1.96. The number of hydrogen-bond acceptors (Lipinski definition) is 2. The highest BCUT2D eigenvalue weighted by Gasteiger charge is 2.34. The number of para-hydroxylation sites is 1. The van der Waals surface area contributed by atoms with Gasteiger partial charge in [-0.3, -0.25) is 4.79 Å². The standard InChI is InChI=1S/C20H20N4O2/c1-23-12-10-15-8-5-9-16(17(15)23)22-20(26)24-13-11-21-19(25)18(24)14-6-3-2-4-7-14/h2-10,12,18H,11,13H2,1H3,(H,21,25)(H,22,26)/t18-/m0/s1. The van der Waals surface area contributed by atoms with Gasteiger partial charge < -0.3 is 20.1 Å². The van der Waals surface area contributed by atoms with Gasteiger partial charge in [-0.05, 0) is 17.7 Å². The van der Waals surface area contributed by atoms with Gasteiger partial charge in [0.25, 0.3) is 0 Å². The van der Waals surface area contributed by atoms with Gasteiger partial charge in [0.15, 0.2) is 0 Å². The second kappa shape index (κ2) is 6.55. The number of anilines is 1. The first kappa shape index (κ1) is 16.2. The molecule has 1 fully saturated rings. The molecule has 0 radical (unpaired) electrons. The number of aryl methyl sites for hydroxylation is 1. The fourth-order valence-electron chi connectivity index (χ4n) is 3.50. The molecular formula is C20H20N4O2. The molecule has 1 saturated heterocycles. The van der Waals surface area contributed by atoms with Crippen molar-refractivity contribution >= 4 is 28.5 Å². The van der Waals surface area contributed by atoms with Crippen LogP contribution in [0.25, 0.3) is 10.9 Å². The Morgan fingerprint density at radius 2 is 1.92 bits per heavy atom. The molecule has 26 heavy (non-hydrogen) atoms. The summed E-state index contributed by atoms with van der Waals surface area (Å²) in [6, 6.07) is 16.3. The number of piperazine rings is 1. The average Bonchev–Trinajstić information content (AvgIpc) is 3.04. The van der Waals surface area contributed by atoms with E-state index in [-0.39, 0.29) is 11.9 Å². The van der Waals surface area contributed by atoms with E-state index >= 15 is 0 Å². The van der Waals surface area contributed by atoms with Gasteiger partial charge in [-0.15, -0.1) is 0 Å². The van der Waals surface area contributed by atoms with Crippen molar-refractivity contribution in [3.63, 3.8) is 0 Å². The zero-order valence-electron chi connectivity index (χ0n) is 14.5. The van der Waals surface area contributed by atoms with Gasteiger partial charge in [0.05, 0.1) is 11.2 Å². The summed E-state index contributed by atoms with van der Waals surface area (Å²) in [6.45, 7) is 0.907. The van der Waals surface area contributed by atoms with Crippen molar-refractivity contribution < 1.29 is 9.59 Å². The number of amides is 3. The predicted molar refractivity (Wildman–Crippen MR) is 101 cm³/mol. The summed E-state index contributed by atoms with van der Waals surface area (Å²) in [7, 11) is 1.94. The van der Waals surface area contributed by atoms with E-state index in [9.17, 15) is 9.59 Å². The lowest BCUT2D eigenvalue weighted by atomic mass is 10.0. The fraction of sp³-hybridized carbons (Fsp3) is 0.200. The highest BCUT2D eigenvalue weighted by molar-refractivity contribution is 6.01. The molecule has 132 valence electrons. The molecule has 0 bridgehead atoms. The third-order valence-electron chi connectivity index (χ3n) is 4.73. The Morgan fingerprint density at radius 1 is 1.12 bits per heavy atom. The third-order valence-corrected chi connectivity index (χ3v) is 4.73. The minimum atomic E-state index is -0.627. The molecule has 0 aliphatic carbocycles. The molecule has 0 spiro atoms. The maximum Gasteiger partial charge on any atom is 0.322 e. The van der Waals surface area contributed by atoms with Gasteiger partial charge in [0.2, 0.25) is 5.91 Å². The van der Waals surface area contributed by atoms with Crippen LogP contribution in [0.5, 0.6) is 0 Å². The first-order valence-electron chi connectivity index (χ1n) is 8.59. The lowest BCUT2D eigenvalue weighted by Crippen LogP contribution is -2.53. The van der Waals surface area contributed by atoms with Crippen LogP contribution in [0.15, 0.2) is 60.8 Å². The topological polar surface area (TPSA) is 66.4 Å². The first-order valence-corrected chi connectivity index (χ1v) is 8.59. The Hall–Kier alpha value is -3.28. The van der Waals surface area contributed by atoms with Crippen molar-refractivity contribution in [2.75, 3.05) is 18.4 Å². The van der Waals surface area contributed by atoms with E-state index in [4.69, 9.17) is 0 Å². The smallest absolute Gasteiger partial charge is 0.322 e. The minimum absolute atomic E-state index is 0.158. The molecule has 1 aromatic heterocycles. The summed E-state index contributed by atoms with van der Waals surface area (Å²) in [5.41, 5.74) is 2.49. The highest BCUT2D eigenvalue weighted by Crippen LogP contribution is 2.27. The molecule has 6 heteroatoms. The molecule has 3 aromatic rings. The number of carbonyl (C=O) groups is 2. The van der Waals surface area contributed by atoms with Gasteiger partial charge in [-0.25, -0.2) is 4.79 Å². The van der Waals surface area contributed by atoms with Gasteiger partial charge >= 0.3 is 6.03 Å². The Morgan fingerprint density at radius 3 is 2.73 bits per heavy atom. The van der Waals surface area contributed by atoms with E-state index < -0.39 is 6.04 Å². The monoisotopic (exact) mass is 348 g/mol. The number of carbonyl (C=O) groups excluding carboxylic acids is 2. The normalized spacial score (nSPS) is 17.2. The maximum absolute atomic E-state index is 13.0. The second-order valence-corrected chi connectivity index (χ2v) is 6.40. The van der Waals surface area contributed by atoms with Crippen LogP contribution in [-0.2, 0) is 11.8 Å². The van der Waals surface area contributed by atoms with Crippen molar-refractivity contribution in [2.45, 2.75) is 6.04 Å². The largest absolute Gasteiger partial charge is 0.352 e. The van der Waals surface area contributed by atoms with E-state index in [0.717, 1.165) is 22.2 Å². The SMILES string of the molecule is Cn1ccc2cccc(NC(=O)N3CCNC(=O)[C@@H]3c3ccccc3)c21. The number of urea groups is 1. The third kappa shape index (κ3) is 2.79. The molecule has 1 atom stereocenters. The molecule has 2 N–H and O–H groups in total. The second-order valence-electron chi connectivity index (χ2n) is 6.40. The van der Waals surface area contributed by atoms with Gasteiger partial charge in [0, 0.05) is 31.7 Å². The molecule has 0 saturated carbocycles. The van der Waals surface area contributed by atoms with Crippen LogP contribution in [0.1, 0.15) is 11.6 Å². The Labute approximate surface area is 151 Å². The van der Waals surface area contributed by atoms with Crippen molar-refractivity contribution in [1.29, 1.82) is 0 Å². The van der Waals surface area contributed by atoms with Crippen molar-refractivity contribution in [2.24, 2.45) is 7.05 Å². The van der Waals surface area contributed by atoms with Gasteiger partial charge in [-0.1, -0.05) is 42.5 Å². The van der Waals surface area contributed by atoms with Crippen LogP contribution < -0.4 is 10.6 Å². The predicted octanol–water partition coefficient (Wildman–Crippen LogP) is 2.88. The Balaban J connectivity index is 1.65.